The SMILES string of the molecule is CCCc1c(C(=O)OCC)nnn1CC1CCC(=O)N1. The molecule has 0 aromatic carbocycles. The van der Waals surface area contributed by atoms with Crippen molar-refractivity contribution in [3.05, 3.63) is 11.4 Å². The van der Waals surface area contributed by atoms with Crippen LogP contribution in [0.3, 0.4) is 0 Å². The van der Waals surface area contributed by atoms with Crippen molar-refractivity contribution in [1.29, 1.82) is 0 Å². The van der Waals surface area contributed by atoms with E-state index in [4.69, 9.17) is 4.74 Å². The normalized spacial score (nSPS) is 18.1. The number of hydrogen-bond acceptors (Lipinski definition) is 5. The van der Waals surface area contributed by atoms with Gasteiger partial charge in [-0.2, -0.15) is 0 Å². The minimum Gasteiger partial charge on any atom is -0.461 e. The molecule has 1 amide bonds. The maximum Gasteiger partial charge on any atom is 0.360 e. The fourth-order valence-electron chi connectivity index (χ4n) is 2.34. The van der Waals surface area contributed by atoms with Crippen molar-refractivity contribution in [3.63, 3.8) is 0 Å². The summed E-state index contributed by atoms with van der Waals surface area (Å²) in [5.74, 6) is -0.365. The fourth-order valence-corrected chi connectivity index (χ4v) is 2.34. The van der Waals surface area contributed by atoms with Gasteiger partial charge < -0.3 is 10.1 Å². The minimum atomic E-state index is -0.433. The molecule has 110 valence electrons. The summed E-state index contributed by atoms with van der Waals surface area (Å²) in [7, 11) is 0. The number of ether oxygens (including phenoxy) is 1. The molecule has 1 saturated heterocycles. The van der Waals surface area contributed by atoms with Crippen LogP contribution in [0.4, 0.5) is 0 Å². The Bertz CT molecular complexity index is 498. The van der Waals surface area contributed by atoms with E-state index < -0.39 is 5.97 Å². The fraction of sp³-hybridized carbons (Fsp3) is 0.692. The van der Waals surface area contributed by atoms with E-state index in [1.54, 1.807) is 11.6 Å². The topological polar surface area (TPSA) is 86.1 Å². The number of carbonyl (C=O) groups is 2. The number of nitrogens with one attached hydrogen (secondary N) is 1. The van der Waals surface area contributed by atoms with Crippen LogP contribution in [-0.4, -0.2) is 39.5 Å². The first-order chi connectivity index (χ1) is 9.65. The Labute approximate surface area is 117 Å². The van der Waals surface area contributed by atoms with Crippen LogP contribution in [-0.2, 0) is 22.5 Å². The highest BCUT2D eigenvalue weighted by Crippen LogP contribution is 2.14. The van der Waals surface area contributed by atoms with E-state index in [2.05, 4.69) is 15.6 Å². The first-order valence-corrected chi connectivity index (χ1v) is 7.04. The van der Waals surface area contributed by atoms with Gasteiger partial charge in [-0.3, -0.25) is 4.79 Å². The van der Waals surface area contributed by atoms with Gasteiger partial charge in [0.05, 0.1) is 18.8 Å². The predicted molar refractivity (Wildman–Crippen MR) is 71.1 cm³/mol. The van der Waals surface area contributed by atoms with Crippen LogP contribution in [0.25, 0.3) is 0 Å². The lowest BCUT2D eigenvalue weighted by atomic mass is 10.2. The Hall–Kier alpha value is -1.92. The number of nitrogens with zero attached hydrogens (tertiary/aromatic N) is 3. The van der Waals surface area contributed by atoms with Gasteiger partial charge in [0, 0.05) is 12.5 Å². The number of aromatic nitrogens is 3. The molecule has 1 aromatic heterocycles. The third-order valence-corrected chi connectivity index (χ3v) is 3.27. The van der Waals surface area contributed by atoms with Gasteiger partial charge in [0.15, 0.2) is 5.69 Å². The van der Waals surface area contributed by atoms with E-state index in [1.165, 1.54) is 0 Å². The van der Waals surface area contributed by atoms with Crippen LogP contribution < -0.4 is 5.32 Å². The average molecular weight is 280 g/mol. The van der Waals surface area contributed by atoms with Crippen molar-refractivity contribution in [2.75, 3.05) is 6.61 Å². The van der Waals surface area contributed by atoms with Gasteiger partial charge in [-0.05, 0) is 19.8 Å². The number of carbonyl (C=O) groups excluding carboxylic acids is 2. The third-order valence-electron chi connectivity index (χ3n) is 3.27. The second kappa shape index (κ2) is 6.49. The molecule has 0 spiro atoms. The van der Waals surface area contributed by atoms with Crippen molar-refractivity contribution in [1.82, 2.24) is 20.3 Å². The molecule has 0 aliphatic carbocycles. The van der Waals surface area contributed by atoms with Crippen molar-refractivity contribution >= 4 is 11.9 Å². The minimum absolute atomic E-state index is 0.0647. The summed E-state index contributed by atoms with van der Waals surface area (Å²) in [5.41, 5.74) is 1.07. The van der Waals surface area contributed by atoms with Crippen molar-refractivity contribution in [2.24, 2.45) is 0 Å². The molecule has 20 heavy (non-hydrogen) atoms. The van der Waals surface area contributed by atoms with Crippen molar-refractivity contribution in [3.8, 4) is 0 Å². The molecule has 1 aliphatic heterocycles. The maximum atomic E-state index is 11.8. The van der Waals surface area contributed by atoms with Crippen LogP contribution in [0, 0.1) is 0 Å². The quantitative estimate of drug-likeness (QED) is 0.775. The lowest BCUT2D eigenvalue weighted by Crippen LogP contribution is -2.30. The van der Waals surface area contributed by atoms with Crippen LogP contribution >= 0.6 is 0 Å². The first-order valence-electron chi connectivity index (χ1n) is 7.04. The van der Waals surface area contributed by atoms with Gasteiger partial charge in [0.25, 0.3) is 0 Å². The predicted octanol–water partition coefficient (Wildman–Crippen LogP) is 0.686. The van der Waals surface area contributed by atoms with Gasteiger partial charge in [0.1, 0.15) is 0 Å². The second-order valence-electron chi connectivity index (χ2n) is 4.84. The zero-order valence-corrected chi connectivity index (χ0v) is 11.9. The first kappa shape index (κ1) is 14.5. The second-order valence-corrected chi connectivity index (χ2v) is 4.84. The van der Waals surface area contributed by atoms with Crippen molar-refractivity contribution in [2.45, 2.75) is 52.1 Å². The van der Waals surface area contributed by atoms with Crippen LogP contribution in [0.1, 0.15) is 49.3 Å². The largest absolute Gasteiger partial charge is 0.461 e. The van der Waals surface area contributed by atoms with Gasteiger partial charge in [-0.1, -0.05) is 18.6 Å². The van der Waals surface area contributed by atoms with E-state index >= 15 is 0 Å². The van der Waals surface area contributed by atoms with E-state index in [0.717, 1.165) is 18.5 Å². The summed E-state index contributed by atoms with van der Waals surface area (Å²) >= 11 is 0. The number of esters is 1. The maximum absolute atomic E-state index is 11.8. The van der Waals surface area contributed by atoms with Crippen LogP contribution in [0.15, 0.2) is 0 Å². The van der Waals surface area contributed by atoms with E-state index in [-0.39, 0.29) is 17.6 Å². The zero-order chi connectivity index (χ0) is 14.5. The van der Waals surface area contributed by atoms with E-state index in [0.29, 0.717) is 26.0 Å². The van der Waals surface area contributed by atoms with Crippen LogP contribution in [0.5, 0.6) is 0 Å². The Kier molecular flexibility index (Phi) is 4.70. The number of rotatable bonds is 6. The number of amides is 1. The summed E-state index contributed by atoms with van der Waals surface area (Å²) in [6.07, 6.45) is 2.94. The van der Waals surface area contributed by atoms with Crippen molar-refractivity contribution < 1.29 is 14.3 Å². The Morgan fingerprint density at radius 2 is 2.30 bits per heavy atom. The molecule has 2 rings (SSSR count). The molecule has 1 unspecified atom stereocenters. The van der Waals surface area contributed by atoms with Gasteiger partial charge in [-0.25, -0.2) is 9.48 Å². The third kappa shape index (κ3) is 3.15. The Morgan fingerprint density at radius 3 is 2.90 bits per heavy atom. The molecule has 7 nitrogen and oxygen atoms in total. The van der Waals surface area contributed by atoms with E-state index in [1.807, 2.05) is 6.92 Å². The highest BCUT2D eigenvalue weighted by molar-refractivity contribution is 5.88. The summed E-state index contributed by atoms with van der Waals surface area (Å²) in [4.78, 5) is 23.1. The number of hydrogen-bond donors (Lipinski definition) is 1. The van der Waals surface area contributed by atoms with Gasteiger partial charge in [-0.15, -0.1) is 5.10 Å². The summed E-state index contributed by atoms with van der Waals surface area (Å²) in [5, 5.41) is 10.9. The molecule has 0 radical (unpaired) electrons. The molecule has 2 heterocycles. The lowest BCUT2D eigenvalue weighted by Gasteiger charge is -2.12. The average Bonchev–Trinajstić information content (AvgIpc) is 2.99. The summed E-state index contributed by atoms with van der Waals surface area (Å²) < 4.78 is 6.71. The molecule has 1 fully saturated rings. The molecule has 7 heteroatoms. The molecule has 0 bridgehead atoms. The van der Waals surface area contributed by atoms with Gasteiger partial charge in [0.2, 0.25) is 5.91 Å². The molecular formula is C13H20N4O3. The highest BCUT2D eigenvalue weighted by atomic mass is 16.5. The zero-order valence-electron chi connectivity index (χ0n) is 11.9. The molecule has 1 N–H and O–H groups in total. The monoisotopic (exact) mass is 280 g/mol. The molecular weight excluding hydrogens is 260 g/mol. The standard InChI is InChI=1S/C13H20N4O3/c1-3-5-10-12(13(19)20-4-2)15-16-17(10)8-9-6-7-11(18)14-9/h9H,3-8H2,1-2H3,(H,14,18). The molecule has 1 atom stereocenters. The highest BCUT2D eigenvalue weighted by Gasteiger charge is 2.25. The molecule has 0 saturated carbocycles. The summed E-state index contributed by atoms with van der Waals surface area (Å²) in [6.45, 7) is 4.66. The Morgan fingerprint density at radius 1 is 1.50 bits per heavy atom. The summed E-state index contributed by atoms with van der Waals surface area (Å²) in [6, 6.07) is 0.0647. The Balaban J connectivity index is 2.15. The van der Waals surface area contributed by atoms with Gasteiger partial charge >= 0.3 is 5.97 Å². The smallest absolute Gasteiger partial charge is 0.360 e. The molecule has 1 aromatic rings. The van der Waals surface area contributed by atoms with Crippen LogP contribution in [0.2, 0.25) is 0 Å². The molecule has 1 aliphatic rings. The van der Waals surface area contributed by atoms with E-state index in [9.17, 15) is 9.59 Å². The lowest BCUT2D eigenvalue weighted by molar-refractivity contribution is -0.119.